The van der Waals surface area contributed by atoms with Gasteiger partial charge >= 0.3 is 0 Å². The predicted octanol–water partition coefficient (Wildman–Crippen LogP) is 2.80. The second-order valence-electron chi connectivity index (χ2n) is 3.99. The number of benzene rings is 1. The molecule has 3 nitrogen and oxygen atoms in total. The summed E-state index contributed by atoms with van der Waals surface area (Å²) < 4.78 is 6.13. The van der Waals surface area contributed by atoms with Crippen LogP contribution in [-0.4, -0.2) is 18.5 Å². The van der Waals surface area contributed by atoms with E-state index >= 15 is 0 Å². The van der Waals surface area contributed by atoms with Crippen molar-refractivity contribution in [1.82, 2.24) is 0 Å². The molecule has 1 aromatic carbocycles. The van der Waals surface area contributed by atoms with Crippen molar-refractivity contribution in [2.45, 2.75) is 24.9 Å². The van der Waals surface area contributed by atoms with Gasteiger partial charge in [0, 0.05) is 11.1 Å². The van der Waals surface area contributed by atoms with E-state index in [-0.39, 0.29) is 5.78 Å². The van der Waals surface area contributed by atoms with Gasteiger partial charge in [0.2, 0.25) is 0 Å². The molecule has 0 spiro atoms. The monoisotopic (exact) mass is 293 g/mol. The van der Waals surface area contributed by atoms with Crippen LogP contribution in [0.4, 0.5) is 0 Å². The molecule has 88 valence electrons. The fourth-order valence-corrected chi connectivity index (χ4v) is 2.50. The minimum atomic E-state index is -0.742. The lowest BCUT2D eigenvalue weighted by Crippen LogP contribution is -2.25. The van der Waals surface area contributed by atoms with E-state index in [2.05, 4.69) is 22.0 Å². The van der Waals surface area contributed by atoms with Gasteiger partial charge in [0.05, 0.1) is 6.07 Å². The molecule has 2 unspecified atom stereocenters. The van der Waals surface area contributed by atoms with E-state index in [1.807, 2.05) is 18.2 Å². The Morgan fingerprint density at radius 2 is 2.29 bits per heavy atom. The number of Topliss-reactive ketones (excluding diaryl/α,β-unsaturated/α-hetero) is 1. The maximum absolute atomic E-state index is 12.2. The largest absolute Gasteiger partial charge is 0.370 e. The fourth-order valence-electron chi connectivity index (χ4n) is 1.98. The first-order valence-electron chi connectivity index (χ1n) is 5.53. The minimum Gasteiger partial charge on any atom is -0.370 e. The van der Waals surface area contributed by atoms with Gasteiger partial charge in [0.1, 0.15) is 12.0 Å². The lowest BCUT2D eigenvalue weighted by Gasteiger charge is -2.14. The number of carbonyl (C=O) groups excluding carboxylic acids is 1. The van der Waals surface area contributed by atoms with Gasteiger partial charge in [-0.3, -0.25) is 4.79 Å². The summed E-state index contributed by atoms with van der Waals surface area (Å²) in [6.45, 7) is 0.616. The Morgan fingerprint density at radius 1 is 1.53 bits per heavy atom. The average molecular weight is 294 g/mol. The molecule has 0 bridgehead atoms. The quantitative estimate of drug-likeness (QED) is 0.861. The highest BCUT2D eigenvalue weighted by molar-refractivity contribution is 9.10. The number of rotatable bonds is 3. The molecule has 4 heteroatoms. The van der Waals surface area contributed by atoms with E-state index in [0.717, 1.165) is 22.9 Å². The summed E-state index contributed by atoms with van der Waals surface area (Å²) in [5, 5.41) is 9.19. The maximum atomic E-state index is 12.2. The van der Waals surface area contributed by atoms with Crippen LogP contribution in [0.5, 0.6) is 0 Å². The van der Waals surface area contributed by atoms with Crippen molar-refractivity contribution in [3.8, 4) is 6.07 Å². The molecule has 0 amide bonds. The Labute approximate surface area is 109 Å². The van der Waals surface area contributed by atoms with Gasteiger partial charge in [-0.05, 0) is 24.5 Å². The topological polar surface area (TPSA) is 50.1 Å². The lowest BCUT2D eigenvalue weighted by molar-refractivity contribution is -0.128. The number of ether oxygens (including phenoxy) is 1. The number of carbonyl (C=O) groups is 1. The van der Waals surface area contributed by atoms with E-state index in [9.17, 15) is 10.1 Å². The van der Waals surface area contributed by atoms with E-state index in [0.29, 0.717) is 6.61 Å². The first-order valence-corrected chi connectivity index (χ1v) is 6.32. The first kappa shape index (κ1) is 12.3. The summed E-state index contributed by atoms with van der Waals surface area (Å²) in [5.74, 6) is -0.870. The second-order valence-corrected chi connectivity index (χ2v) is 4.84. The van der Waals surface area contributed by atoms with E-state index < -0.39 is 12.0 Å². The van der Waals surface area contributed by atoms with Gasteiger partial charge in [0.25, 0.3) is 0 Å². The van der Waals surface area contributed by atoms with Crippen LogP contribution in [0.15, 0.2) is 28.7 Å². The standard InChI is InChI=1S/C13H12BrNO2/c14-11-5-2-1-4-9(11)10(8-15)13(16)12-6-3-7-17-12/h1-2,4-5,10,12H,3,6-7H2. The molecule has 1 aliphatic rings. The third kappa shape index (κ3) is 2.56. The number of nitriles is 1. The smallest absolute Gasteiger partial charge is 0.183 e. The Balaban J connectivity index is 2.25. The molecule has 0 aromatic heterocycles. The number of halogens is 1. The van der Waals surface area contributed by atoms with Gasteiger partial charge in [-0.15, -0.1) is 0 Å². The SMILES string of the molecule is N#CC(C(=O)C1CCCO1)c1ccccc1Br. The zero-order chi connectivity index (χ0) is 12.3. The van der Waals surface area contributed by atoms with Crippen molar-refractivity contribution >= 4 is 21.7 Å². The first-order chi connectivity index (χ1) is 8.24. The van der Waals surface area contributed by atoms with Crippen LogP contribution >= 0.6 is 15.9 Å². The van der Waals surface area contributed by atoms with Crippen molar-refractivity contribution in [2.75, 3.05) is 6.61 Å². The molecule has 1 aliphatic heterocycles. The molecule has 0 saturated carbocycles. The summed E-state index contributed by atoms with van der Waals surface area (Å²) in [5.41, 5.74) is 0.718. The highest BCUT2D eigenvalue weighted by Gasteiger charge is 2.32. The molecule has 0 aliphatic carbocycles. The van der Waals surface area contributed by atoms with E-state index in [1.54, 1.807) is 6.07 Å². The zero-order valence-corrected chi connectivity index (χ0v) is 10.8. The predicted molar refractivity (Wildman–Crippen MR) is 66.5 cm³/mol. The minimum absolute atomic E-state index is 0.128. The highest BCUT2D eigenvalue weighted by Crippen LogP contribution is 2.28. The number of ketones is 1. The number of nitrogens with zero attached hydrogens (tertiary/aromatic N) is 1. The van der Waals surface area contributed by atoms with Crippen molar-refractivity contribution in [3.05, 3.63) is 34.3 Å². The van der Waals surface area contributed by atoms with Crippen LogP contribution in [0.25, 0.3) is 0 Å². The molecular formula is C13H12BrNO2. The molecule has 2 atom stereocenters. The fraction of sp³-hybridized carbons (Fsp3) is 0.385. The van der Waals surface area contributed by atoms with Crippen molar-refractivity contribution in [1.29, 1.82) is 5.26 Å². The molecule has 0 radical (unpaired) electrons. The summed E-state index contributed by atoms with van der Waals surface area (Å²) in [6.07, 6.45) is 1.21. The third-order valence-electron chi connectivity index (χ3n) is 2.88. The molecule has 1 aromatic rings. The number of hydrogen-bond acceptors (Lipinski definition) is 3. The van der Waals surface area contributed by atoms with Gasteiger partial charge in [-0.2, -0.15) is 5.26 Å². The van der Waals surface area contributed by atoms with E-state index in [1.165, 1.54) is 0 Å². The normalized spacial score (nSPS) is 20.8. The zero-order valence-electron chi connectivity index (χ0n) is 9.23. The van der Waals surface area contributed by atoms with Crippen LogP contribution in [0.1, 0.15) is 24.3 Å². The van der Waals surface area contributed by atoms with Crippen molar-refractivity contribution in [2.24, 2.45) is 0 Å². The Morgan fingerprint density at radius 3 is 2.88 bits per heavy atom. The van der Waals surface area contributed by atoms with Gasteiger partial charge in [0.15, 0.2) is 5.78 Å². The molecule has 2 rings (SSSR count). The number of hydrogen-bond donors (Lipinski definition) is 0. The maximum Gasteiger partial charge on any atom is 0.183 e. The summed E-state index contributed by atoms with van der Waals surface area (Å²) >= 11 is 3.37. The molecule has 1 saturated heterocycles. The third-order valence-corrected chi connectivity index (χ3v) is 3.60. The lowest BCUT2D eigenvalue weighted by atomic mass is 9.92. The summed E-state index contributed by atoms with van der Waals surface area (Å²) in [4.78, 5) is 12.2. The Kier molecular flexibility index (Phi) is 3.93. The van der Waals surface area contributed by atoms with Crippen molar-refractivity contribution < 1.29 is 9.53 Å². The van der Waals surface area contributed by atoms with Crippen LogP contribution in [-0.2, 0) is 9.53 Å². The van der Waals surface area contributed by atoms with Gasteiger partial charge in [-0.25, -0.2) is 0 Å². The molecule has 17 heavy (non-hydrogen) atoms. The molecule has 0 N–H and O–H groups in total. The van der Waals surface area contributed by atoms with E-state index in [4.69, 9.17) is 4.74 Å². The summed E-state index contributed by atoms with van der Waals surface area (Å²) in [7, 11) is 0. The second kappa shape index (κ2) is 5.44. The van der Waals surface area contributed by atoms with Crippen LogP contribution in [0, 0.1) is 11.3 Å². The van der Waals surface area contributed by atoms with Crippen molar-refractivity contribution in [3.63, 3.8) is 0 Å². The Hall–Kier alpha value is -1.18. The molecule has 1 heterocycles. The van der Waals surface area contributed by atoms with Gasteiger partial charge in [-0.1, -0.05) is 34.1 Å². The van der Waals surface area contributed by atoms with Crippen LogP contribution in [0.3, 0.4) is 0 Å². The Bertz CT molecular complexity index is 461. The summed E-state index contributed by atoms with van der Waals surface area (Å²) in [6, 6.07) is 9.39. The van der Waals surface area contributed by atoms with Crippen LogP contribution < -0.4 is 0 Å². The molecule has 1 fully saturated rings. The average Bonchev–Trinajstić information content (AvgIpc) is 2.86. The van der Waals surface area contributed by atoms with Gasteiger partial charge < -0.3 is 4.74 Å². The molecular weight excluding hydrogens is 282 g/mol. The van der Waals surface area contributed by atoms with Crippen LogP contribution in [0.2, 0.25) is 0 Å². The highest BCUT2D eigenvalue weighted by atomic mass is 79.9.